The Morgan fingerprint density at radius 3 is 2.81 bits per heavy atom. The topological polar surface area (TPSA) is 55.1 Å². The number of nitrogens with two attached hydrogens (primary N) is 1. The van der Waals surface area contributed by atoms with E-state index in [1.807, 2.05) is 30.3 Å². The highest BCUT2D eigenvalue weighted by molar-refractivity contribution is 8.01. The zero-order valence-corrected chi connectivity index (χ0v) is 12.8. The molecule has 21 heavy (non-hydrogen) atoms. The predicted octanol–water partition coefficient (Wildman–Crippen LogP) is 2.98. The highest BCUT2D eigenvalue weighted by Gasteiger charge is 2.27. The number of carbonyl (C=O) groups is 1. The van der Waals surface area contributed by atoms with Gasteiger partial charge in [0.05, 0.1) is 5.25 Å². The minimum Gasteiger partial charge on any atom is -0.389 e. The number of hydrogen-bond donors (Lipinski definition) is 2. The van der Waals surface area contributed by atoms with E-state index < -0.39 is 0 Å². The van der Waals surface area contributed by atoms with Crippen LogP contribution in [-0.2, 0) is 11.2 Å². The second kappa shape index (κ2) is 5.87. The number of amides is 1. The Bertz CT molecular complexity index is 690. The molecule has 5 heteroatoms. The molecule has 1 atom stereocenters. The van der Waals surface area contributed by atoms with Crippen molar-refractivity contribution < 1.29 is 4.79 Å². The number of carbonyl (C=O) groups excluding carboxylic acids is 1. The van der Waals surface area contributed by atoms with E-state index in [9.17, 15) is 4.79 Å². The van der Waals surface area contributed by atoms with Crippen molar-refractivity contribution in [2.45, 2.75) is 16.6 Å². The molecule has 1 heterocycles. The first-order chi connectivity index (χ1) is 10.1. The first-order valence-corrected chi connectivity index (χ1v) is 7.87. The van der Waals surface area contributed by atoms with Crippen molar-refractivity contribution in [2.75, 3.05) is 5.32 Å². The molecule has 1 aliphatic heterocycles. The van der Waals surface area contributed by atoms with Gasteiger partial charge in [0.2, 0.25) is 5.91 Å². The van der Waals surface area contributed by atoms with Gasteiger partial charge in [-0.3, -0.25) is 4.79 Å². The van der Waals surface area contributed by atoms with E-state index >= 15 is 0 Å². The molecule has 2 aromatic carbocycles. The lowest BCUT2D eigenvalue weighted by atomic mass is 10.1. The third-order valence-corrected chi connectivity index (χ3v) is 4.91. The van der Waals surface area contributed by atoms with Gasteiger partial charge < -0.3 is 11.1 Å². The Balaban J connectivity index is 1.71. The first-order valence-electron chi connectivity index (χ1n) is 6.59. The fourth-order valence-corrected chi connectivity index (χ4v) is 3.62. The summed E-state index contributed by atoms with van der Waals surface area (Å²) < 4.78 is 0. The number of thioether (sulfide) groups is 1. The summed E-state index contributed by atoms with van der Waals surface area (Å²) >= 11 is 6.56. The quantitative estimate of drug-likeness (QED) is 0.855. The molecule has 0 aliphatic carbocycles. The molecular weight excluding hydrogens is 300 g/mol. The molecule has 0 saturated carbocycles. The molecule has 1 unspecified atom stereocenters. The van der Waals surface area contributed by atoms with E-state index in [1.165, 1.54) is 10.5 Å². The number of thiocarbonyl (C=S) groups is 1. The molecule has 3 nitrogen and oxygen atoms in total. The van der Waals surface area contributed by atoms with Crippen LogP contribution in [0.3, 0.4) is 0 Å². The zero-order chi connectivity index (χ0) is 14.8. The molecule has 3 rings (SSSR count). The number of hydrogen-bond acceptors (Lipinski definition) is 3. The number of anilines is 1. The van der Waals surface area contributed by atoms with Gasteiger partial charge in [-0.2, -0.15) is 0 Å². The summed E-state index contributed by atoms with van der Waals surface area (Å²) in [6.45, 7) is 0. The summed E-state index contributed by atoms with van der Waals surface area (Å²) in [5.74, 6) is 0.0105. The molecule has 0 bridgehead atoms. The van der Waals surface area contributed by atoms with Gasteiger partial charge >= 0.3 is 0 Å². The normalized spacial score (nSPS) is 16.3. The standard InChI is InChI=1S/C16H14N2OS2/c17-15(20)11-5-3-6-12(8-11)18-16(19)14-9-10-4-1-2-7-13(10)21-14/h1-8,14H,9H2,(H2,17,20)(H,18,19). The summed E-state index contributed by atoms with van der Waals surface area (Å²) in [5.41, 5.74) is 8.32. The van der Waals surface area contributed by atoms with Gasteiger partial charge in [0.15, 0.2) is 0 Å². The minimum atomic E-state index is -0.0871. The SMILES string of the molecule is NC(=S)c1cccc(NC(=O)C2Cc3ccccc3S2)c1. The Labute approximate surface area is 132 Å². The van der Waals surface area contributed by atoms with Crippen molar-refractivity contribution in [3.63, 3.8) is 0 Å². The van der Waals surface area contributed by atoms with Crippen LogP contribution in [0, 0.1) is 0 Å². The van der Waals surface area contributed by atoms with Gasteiger partial charge in [-0.25, -0.2) is 0 Å². The number of fused-ring (bicyclic) bond motifs is 1. The van der Waals surface area contributed by atoms with E-state index in [2.05, 4.69) is 17.4 Å². The van der Waals surface area contributed by atoms with Crippen LogP contribution in [0.2, 0.25) is 0 Å². The van der Waals surface area contributed by atoms with Gasteiger partial charge in [-0.15, -0.1) is 11.8 Å². The molecule has 0 spiro atoms. The molecule has 3 N–H and O–H groups in total. The second-order valence-electron chi connectivity index (χ2n) is 4.85. The summed E-state index contributed by atoms with van der Waals surface area (Å²) in [6.07, 6.45) is 0.766. The average Bonchev–Trinajstić information content (AvgIpc) is 2.91. The van der Waals surface area contributed by atoms with Gasteiger partial charge in [0, 0.05) is 16.1 Å². The molecule has 0 aromatic heterocycles. The Kier molecular flexibility index (Phi) is 3.94. The predicted molar refractivity (Wildman–Crippen MR) is 90.8 cm³/mol. The lowest BCUT2D eigenvalue weighted by Crippen LogP contribution is -2.24. The number of rotatable bonds is 3. The zero-order valence-electron chi connectivity index (χ0n) is 11.2. The lowest BCUT2D eigenvalue weighted by molar-refractivity contribution is -0.115. The van der Waals surface area contributed by atoms with Crippen molar-refractivity contribution in [1.82, 2.24) is 0 Å². The van der Waals surface area contributed by atoms with E-state index in [-0.39, 0.29) is 11.2 Å². The molecule has 0 fully saturated rings. The van der Waals surface area contributed by atoms with Crippen LogP contribution in [-0.4, -0.2) is 16.1 Å². The largest absolute Gasteiger partial charge is 0.389 e. The monoisotopic (exact) mass is 314 g/mol. The minimum absolute atomic E-state index is 0.0105. The lowest BCUT2D eigenvalue weighted by Gasteiger charge is -2.10. The van der Waals surface area contributed by atoms with Crippen molar-refractivity contribution in [3.05, 3.63) is 59.7 Å². The number of nitrogens with one attached hydrogen (secondary N) is 1. The summed E-state index contributed by atoms with van der Waals surface area (Å²) in [6, 6.07) is 15.4. The Morgan fingerprint density at radius 1 is 1.24 bits per heavy atom. The fourth-order valence-electron chi connectivity index (χ4n) is 2.30. The van der Waals surface area contributed by atoms with Crippen LogP contribution in [0.15, 0.2) is 53.4 Å². The van der Waals surface area contributed by atoms with E-state index in [4.69, 9.17) is 18.0 Å². The number of benzene rings is 2. The highest BCUT2D eigenvalue weighted by atomic mass is 32.2. The third-order valence-electron chi connectivity index (χ3n) is 3.35. The Hall–Kier alpha value is -1.85. The van der Waals surface area contributed by atoms with Crippen LogP contribution in [0.4, 0.5) is 5.69 Å². The maximum atomic E-state index is 12.4. The second-order valence-corrected chi connectivity index (χ2v) is 6.54. The first kappa shape index (κ1) is 14.1. The van der Waals surface area contributed by atoms with Gasteiger partial charge in [-0.05, 0) is 30.2 Å². The van der Waals surface area contributed by atoms with E-state index in [1.54, 1.807) is 17.8 Å². The van der Waals surface area contributed by atoms with E-state index in [0.29, 0.717) is 4.99 Å². The van der Waals surface area contributed by atoms with Crippen LogP contribution >= 0.6 is 24.0 Å². The van der Waals surface area contributed by atoms with E-state index in [0.717, 1.165) is 17.7 Å². The van der Waals surface area contributed by atoms with Gasteiger partial charge in [0.1, 0.15) is 4.99 Å². The average molecular weight is 314 g/mol. The fraction of sp³-hybridized carbons (Fsp3) is 0.125. The molecule has 2 aromatic rings. The van der Waals surface area contributed by atoms with Crippen molar-refractivity contribution in [2.24, 2.45) is 5.73 Å². The molecular formula is C16H14N2OS2. The smallest absolute Gasteiger partial charge is 0.238 e. The highest BCUT2D eigenvalue weighted by Crippen LogP contribution is 2.37. The maximum absolute atomic E-state index is 12.4. The van der Waals surface area contributed by atoms with Crippen LogP contribution in [0.5, 0.6) is 0 Å². The van der Waals surface area contributed by atoms with Gasteiger partial charge in [0.25, 0.3) is 0 Å². The molecule has 1 aliphatic rings. The van der Waals surface area contributed by atoms with Crippen LogP contribution < -0.4 is 11.1 Å². The van der Waals surface area contributed by atoms with Crippen LogP contribution in [0.25, 0.3) is 0 Å². The Morgan fingerprint density at radius 2 is 2.05 bits per heavy atom. The van der Waals surface area contributed by atoms with Crippen molar-refractivity contribution in [3.8, 4) is 0 Å². The summed E-state index contributed by atoms with van der Waals surface area (Å²) in [4.78, 5) is 13.9. The van der Waals surface area contributed by atoms with Gasteiger partial charge in [-0.1, -0.05) is 42.5 Å². The third kappa shape index (κ3) is 3.09. The molecule has 0 radical (unpaired) electrons. The molecule has 1 amide bonds. The maximum Gasteiger partial charge on any atom is 0.238 e. The summed E-state index contributed by atoms with van der Waals surface area (Å²) in [5, 5.41) is 2.85. The van der Waals surface area contributed by atoms with Crippen molar-refractivity contribution in [1.29, 1.82) is 0 Å². The summed E-state index contributed by atoms with van der Waals surface area (Å²) in [7, 11) is 0. The molecule has 0 saturated heterocycles. The van der Waals surface area contributed by atoms with Crippen molar-refractivity contribution >= 4 is 40.6 Å². The van der Waals surface area contributed by atoms with Crippen LogP contribution in [0.1, 0.15) is 11.1 Å². The molecule has 106 valence electrons.